The lowest BCUT2D eigenvalue weighted by Crippen LogP contribution is -2.50. The number of ether oxygens (including phenoxy) is 1. The number of nitrogens with one attached hydrogen (secondary N) is 1. The van der Waals surface area contributed by atoms with Gasteiger partial charge in [0, 0.05) is 24.5 Å². The molecule has 2 aromatic rings. The van der Waals surface area contributed by atoms with Crippen molar-refractivity contribution >= 4 is 23.3 Å². The van der Waals surface area contributed by atoms with E-state index >= 15 is 0 Å². The number of hydrogen-bond donors (Lipinski definition) is 1. The van der Waals surface area contributed by atoms with Crippen molar-refractivity contribution < 1.29 is 18.7 Å². The maximum absolute atomic E-state index is 13.4. The summed E-state index contributed by atoms with van der Waals surface area (Å²) in [5.41, 5.74) is 1.09. The van der Waals surface area contributed by atoms with Crippen molar-refractivity contribution in [2.45, 2.75) is 46.1 Å². The molecular weight excluding hydrogens is 441 g/mol. The number of carbonyl (C=O) groups excluding carboxylic acids is 2. The third-order valence-corrected chi connectivity index (χ3v) is 6.75. The summed E-state index contributed by atoms with van der Waals surface area (Å²) in [6.45, 7) is 8.23. The predicted octanol–water partition coefficient (Wildman–Crippen LogP) is 4.86. The first kappa shape index (κ1) is 25.0. The van der Waals surface area contributed by atoms with Crippen LogP contribution in [-0.4, -0.2) is 54.5 Å². The minimum atomic E-state index is -0.320. The van der Waals surface area contributed by atoms with Gasteiger partial charge in [0.25, 0.3) is 0 Å². The Balaban J connectivity index is 1.73. The molecule has 0 saturated heterocycles. The highest BCUT2D eigenvalue weighted by Gasteiger charge is 2.33. The Morgan fingerprint density at radius 1 is 1.27 bits per heavy atom. The number of halogens is 1. The standard InChI is InChI=1S/C25H34FN3O3S/c1-4-12-27-25(31)28(13-9-18(2)3)16-24(30)29-14-10-23-21(11-15-33-23)22(29)17-32-20-7-5-19(26)6-8-20/h5-8,11,15,18,22H,4,9-10,12-14,16-17H2,1-3H3,(H,27,31)/t22-/m0/s1. The van der Waals surface area contributed by atoms with Gasteiger partial charge in [-0.15, -0.1) is 11.3 Å². The van der Waals surface area contributed by atoms with E-state index in [1.807, 2.05) is 23.3 Å². The molecule has 0 radical (unpaired) electrons. The summed E-state index contributed by atoms with van der Waals surface area (Å²) < 4.78 is 19.2. The van der Waals surface area contributed by atoms with Gasteiger partial charge in [-0.3, -0.25) is 4.79 Å². The average Bonchev–Trinajstić information content (AvgIpc) is 3.28. The fraction of sp³-hybridized carbons (Fsp3) is 0.520. The van der Waals surface area contributed by atoms with Gasteiger partial charge in [-0.2, -0.15) is 0 Å². The lowest BCUT2D eigenvalue weighted by Gasteiger charge is -2.37. The second kappa shape index (κ2) is 12.0. The summed E-state index contributed by atoms with van der Waals surface area (Å²) >= 11 is 1.69. The molecule has 1 aromatic heterocycles. The molecule has 3 amide bonds. The van der Waals surface area contributed by atoms with Crippen LogP contribution in [0.25, 0.3) is 0 Å². The molecule has 1 aliphatic heterocycles. The lowest BCUT2D eigenvalue weighted by atomic mass is 10.0. The monoisotopic (exact) mass is 475 g/mol. The number of carbonyl (C=O) groups is 2. The summed E-state index contributed by atoms with van der Waals surface area (Å²) in [6, 6.07) is 7.49. The van der Waals surface area contributed by atoms with Crippen molar-refractivity contribution in [1.29, 1.82) is 0 Å². The van der Waals surface area contributed by atoms with Gasteiger partial charge in [0.1, 0.15) is 24.7 Å². The fourth-order valence-electron chi connectivity index (χ4n) is 3.84. The van der Waals surface area contributed by atoms with Gasteiger partial charge >= 0.3 is 6.03 Å². The summed E-state index contributed by atoms with van der Waals surface area (Å²) in [5.74, 6) is 0.584. The van der Waals surface area contributed by atoms with Crippen LogP contribution >= 0.6 is 11.3 Å². The van der Waals surface area contributed by atoms with E-state index in [9.17, 15) is 14.0 Å². The Morgan fingerprint density at radius 2 is 2.03 bits per heavy atom. The zero-order valence-electron chi connectivity index (χ0n) is 19.7. The number of hydrogen-bond acceptors (Lipinski definition) is 4. The lowest BCUT2D eigenvalue weighted by molar-refractivity contribution is -0.135. The van der Waals surface area contributed by atoms with E-state index < -0.39 is 0 Å². The highest BCUT2D eigenvalue weighted by molar-refractivity contribution is 7.10. The molecular formula is C25H34FN3O3S. The Kier molecular flexibility index (Phi) is 9.11. The van der Waals surface area contributed by atoms with Crippen molar-refractivity contribution in [2.24, 2.45) is 5.92 Å². The first-order chi connectivity index (χ1) is 15.9. The number of thiophene rings is 1. The molecule has 1 aliphatic rings. The van der Waals surface area contributed by atoms with E-state index in [0.29, 0.717) is 31.3 Å². The Morgan fingerprint density at radius 3 is 2.73 bits per heavy atom. The summed E-state index contributed by atoms with van der Waals surface area (Å²) in [6.07, 6.45) is 2.46. The van der Waals surface area contributed by atoms with Crippen molar-refractivity contribution in [3.63, 3.8) is 0 Å². The molecule has 2 heterocycles. The highest BCUT2D eigenvalue weighted by Crippen LogP contribution is 2.34. The molecule has 33 heavy (non-hydrogen) atoms. The highest BCUT2D eigenvalue weighted by atomic mass is 32.1. The van der Waals surface area contributed by atoms with Gasteiger partial charge in [0.15, 0.2) is 0 Å². The van der Waals surface area contributed by atoms with Crippen molar-refractivity contribution in [3.8, 4) is 5.75 Å². The summed E-state index contributed by atoms with van der Waals surface area (Å²) in [7, 11) is 0. The molecule has 180 valence electrons. The number of urea groups is 1. The molecule has 3 rings (SSSR count). The molecule has 1 aromatic carbocycles. The molecule has 0 saturated carbocycles. The molecule has 0 aliphatic carbocycles. The van der Waals surface area contributed by atoms with E-state index in [1.165, 1.54) is 17.0 Å². The van der Waals surface area contributed by atoms with Gasteiger partial charge in [-0.25, -0.2) is 9.18 Å². The van der Waals surface area contributed by atoms with Crippen LogP contribution in [0.5, 0.6) is 5.75 Å². The van der Waals surface area contributed by atoms with Gasteiger partial charge in [-0.1, -0.05) is 20.8 Å². The Labute approximate surface area is 199 Å². The number of amides is 3. The predicted molar refractivity (Wildman–Crippen MR) is 129 cm³/mol. The quantitative estimate of drug-likeness (QED) is 0.534. The van der Waals surface area contributed by atoms with Gasteiger partial charge < -0.3 is 19.9 Å². The molecule has 0 bridgehead atoms. The van der Waals surface area contributed by atoms with E-state index in [2.05, 4.69) is 19.2 Å². The van der Waals surface area contributed by atoms with Gasteiger partial charge in [0.2, 0.25) is 5.91 Å². The second-order valence-electron chi connectivity index (χ2n) is 8.75. The first-order valence-corrected chi connectivity index (χ1v) is 12.5. The van der Waals surface area contributed by atoms with Crippen molar-refractivity contribution in [1.82, 2.24) is 15.1 Å². The Bertz CT molecular complexity index is 916. The number of nitrogens with zero attached hydrogens (tertiary/aromatic N) is 2. The van der Waals surface area contributed by atoms with Crippen LogP contribution in [-0.2, 0) is 11.2 Å². The van der Waals surface area contributed by atoms with Crippen LogP contribution < -0.4 is 10.1 Å². The van der Waals surface area contributed by atoms with Crippen molar-refractivity contribution in [3.05, 3.63) is 52.0 Å². The largest absolute Gasteiger partial charge is 0.491 e. The third-order valence-electron chi connectivity index (χ3n) is 5.75. The van der Waals surface area contributed by atoms with Crippen LogP contribution in [0.3, 0.4) is 0 Å². The SMILES string of the molecule is CCCNC(=O)N(CCC(C)C)CC(=O)N1CCc2sccc2[C@@H]1COc1ccc(F)cc1. The zero-order valence-corrected chi connectivity index (χ0v) is 20.5. The van der Waals surface area contributed by atoms with E-state index in [1.54, 1.807) is 28.4 Å². The van der Waals surface area contributed by atoms with Crippen molar-refractivity contribution in [2.75, 3.05) is 32.8 Å². The summed E-state index contributed by atoms with van der Waals surface area (Å²) in [4.78, 5) is 30.8. The maximum Gasteiger partial charge on any atom is 0.317 e. The summed E-state index contributed by atoms with van der Waals surface area (Å²) in [5, 5.41) is 4.94. The fourth-order valence-corrected chi connectivity index (χ4v) is 4.77. The molecule has 1 N–H and O–H groups in total. The smallest absolute Gasteiger partial charge is 0.317 e. The maximum atomic E-state index is 13.4. The molecule has 1 atom stereocenters. The minimum Gasteiger partial charge on any atom is -0.491 e. The average molecular weight is 476 g/mol. The third kappa shape index (κ3) is 6.93. The molecule has 8 heteroatoms. The number of rotatable bonds is 10. The normalized spacial score (nSPS) is 15.3. The van der Waals surface area contributed by atoms with E-state index in [-0.39, 0.29) is 36.9 Å². The van der Waals surface area contributed by atoms with Gasteiger partial charge in [0.05, 0.1) is 6.04 Å². The number of fused-ring (bicyclic) bond motifs is 1. The topological polar surface area (TPSA) is 61.9 Å². The van der Waals surface area contributed by atoms with Crippen LogP contribution in [0.4, 0.5) is 9.18 Å². The first-order valence-electron chi connectivity index (χ1n) is 11.7. The van der Waals surface area contributed by atoms with Crippen LogP contribution in [0, 0.1) is 11.7 Å². The van der Waals surface area contributed by atoms with E-state index in [0.717, 1.165) is 24.8 Å². The van der Waals surface area contributed by atoms with Gasteiger partial charge in [-0.05, 0) is 66.5 Å². The zero-order chi connectivity index (χ0) is 23.8. The number of benzene rings is 1. The molecule has 0 unspecified atom stereocenters. The second-order valence-corrected chi connectivity index (χ2v) is 9.75. The van der Waals surface area contributed by atoms with Crippen LogP contribution in [0.1, 0.15) is 50.1 Å². The molecule has 0 spiro atoms. The minimum absolute atomic E-state index is 0.0365. The van der Waals surface area contributed by atoms with E-state index in [4.69, 9.17) is 4.74 Å². The van der Waals surface area contributed by atoms with Crippen LogP contribution in [0.2, 0.25) is 0 Å². The van der Waals surface area contributed by atoms with Crippen LogP contribution in [0.15, 0.2) is 35.7 Å². The molecule has 0 fully saturated rings. The molecule has 6 nitrogen and oxygen atoms in total. The Hall–Kier alpha value is -2.61.